The molecular weight excluding hydrogens is 298 g/mol. The fourth-order valence-corrected chi connectivity index (χ4v) is 2.12. The van der Waals surface area contributed by atoms with E-state index in [1.165, 1.54) is 12.1 Å². The third-order valence-electron chi connectivity index (χ3n) is 2.59. The van der Waals surface area contributed by atoms with Crippen LogP contribution in [0.2, 0.25) is 0 Å². The van der Waals surface area contributed by atoms with Crippen molar-refractivity contribution in [1.82, 2.24) is 5.32 Å². The molecule has 0 spiro atoms. The molecule has 0 atom stereocenters. The summed E-state index contributed by atoms with van der Waals surface area (Å²) < 4.78 is 27.7. The minimum absolute atomic E-state index is 0.0250. The van der Waals surface area contributed by atoms with E-state index >= 15 is 0 Å². The largest absolute Gasteiger partial charge is 0.487 e. The lowest BCUT2D eigenvalue weighted by atomic mass is 10.3. The molecule has 0 saturated heterocycles. The van der Waals surface area contributed by atoms with Crippen LogP contribution in [0, 0.1) is 10.1 Å². The number of nitrogens with two attached hydrogens (primary N) is 1. The monoisotopic (exact) mass is 317 g/mol. The maximum absolute atomic E-state index is 11.2. The Kier molecular flexibility index (Phi) is 6.06. The van der Waals surface area contributed by atoms with Gasteiger partial charge in [0.1, 0.15) is 0 Å². The van der Waals surface area contributed by atoms with Crippen molar-refractivity contribution in [2.24, 2.45) is 5.14 Å². The number of nitrogens with zero attached hydrogens (tertiary/aromatic N) is 1. The Morgan fingerprint density at radius 2 is 2.10 bits per heavy atom. The van der Waals surface area contributed by atoms with E-state index in [1.807, 2.05) is 13.8 Å². The summed E-state index contributed by atoms with van der Waals surface area (Å²) in [6.07, 6.45) is 0.673. The topological polar surface area (TPSA) is 125 Å². The van der Waals surface area contributed by atoms with Crippen molar-refractivity contribution in [1.29, 1.82) is 0 Å². The van der Waals surface area contributed by atoms with Crippen molar-refractivity contribution in [3.8, 4) is 5.75 Å². The quantitative estimate of drug-likeness (QED) is 0.419. The Morgan fingerprint density at radius 1 is 1.43 bits per heavy atom. The van der Waals surface area contributed by atoms with Gasteiger partial charge in [0.25, 0.3) is 0 Å². The van der Waals surface area contributed by atoms with Crippen molar-refractivity contribution < 1.29 is 18.1 Å². The molecule has 0 aliphatic rings. The Morgan fingerprint density at radius 3 is 2.62 bits per heavy atom. The highest BCUT2D eigenvalue weighted by atomic mass is 32.2. The van der Waals surface area contributed by atoms with E-state index in [-0.39, 0.29) is 17.3 Å². The molecule has 0 heterocycles. The average Bonchev–Trinajstić information content (AvgIpc) is 2.36. The molecule has 0 aliphatic heterocycles. The van der Waals surface area contributed by atoms with Gasteiger partial charge < -0.3 is 10.1 Å². The zero-order valence-corrected chi connectivity index (χ0v) is 12.7. The first-order valence-electron chi connectivity index (χ1n) is 6.39. The molecule has 0 fully saturated rings. The van der Waals surface area contributed by atoms with Gasteiger partial charge in [-0.2, -0.15) is 0 Å². The van der Waals surface area contributed by atoms with Crippen LogP contribution in [0.5, 0.6) is 5.75 Å². The number of sulfonamides is 1. The summed E-state index contributed by atoms with van der Waals surface area (Å²) in [6, 6.07) is 3.68. The molecule has 21 heavy (non-hydrogen) atoms. The van der Waals surface area contributed by atoms with E-state index in [2.05, 4.69) is 5.32 Å². The molecule has 1 aromatic rings. The van der Waals surface area contributed by atoms with Gasteiger partial charge in [-0.3, -0.25) is 10.1 Å². The summed E-state index contributed by atoms with van der Waals surface area (Å²) in [6.45, 7) is 5.03. The fourth-order valence-electron chi connectivity index (χ4n) is 1.58. The number of nitro benzene ring substituents is 1. The summed E-state index contributed by atoms with van der Waals surface area (Å²) in [5, 5.41) is 19.1. The molecule has 0 radical (unpaired) electrons. The van der Waals surface area contributed by atoms with Gasteiger partial charge in [-0.05, 0) is 25.1 Å². The van der Waals surface area contributed by atoms with Crippen LogP contribution in [0.1, 0.15) is 20.3 Å². The van der Waals surface area contributed by atoms with Crippen LogP contribution in [-0.2, 0) is 10.0 Å². The lowest BCUT2D eigenvalue weighted by Gasteiger charge is -2.10. The molecule has 3 N–H and O–H groups in total. The molecule has 1 aromatic carbocycles. The summed E-state index contributed by atoms with van der Waals surface area (Å²) in [7, 11) is -3.98. The van der Waals surface area contributed by atoms with Gasteiger partial charge in [0.2, 0.25) is 10.0 Å². The molecule has 9 heteroatoms. The summed E-state index contributed by atoms with van der Waals surface area (Å²) >= 11 is 0. The lowest BCUT2D eigenvalue weighted by Crippen LogP contribution is -2.24. The van der Waals surface area contributed by atoms with E-state index in [1.54, 1.807) is 0 Å². The van der Waals surface area contributed by atoms with E-state index in [9.17, 15) is 18.5 Å². The predicted molar refractivity (Wildman–Crippen MR) is 77.7 cm³/mol. The van der Waals surface area contributed by atoms with Crippen molar-refractivity contribution in [2.75, 3.05) is 13.2 Å². The number of ether oxygens (including phenoxy) is 1. The van der Waals surface area contributed by atoms with Gasteiger partial charge >= 0.3 is 5.69 Å². The normalized spacial score (nSPS) is 11.6. The van der Waals surface area contributed by atoms with Gasteiger partial charge in [-0.1, -0.05) is 13.8 Å². The minimum Gasteiger partial charge on any atom is -0.487 e. The fraction of sp³-hybridized carbons (Fsp3) is 0.500. The maximum atomic E-state index is 11.2. The van der Waals surface area contributed by atoms with Gasteiger partial charge in [0, 0.05) is 12.1 Å². The van der Waals surface area contributed by atoms with Gasteiger partial charge in [-0.25, -0.2) is 13.6 Å². The number of nitro groups is 1. The first-order chi connectivity index (χ1) is 9.71. The number of primary sulfonamides is 1. The zero-order valence-electron chi connectivity index (χ0n) is 11.9. The Labute approximate surface area is 123 Å². The first kappa shape index (κ1) is 17.3. The number of nitrogens with one attached hydrogen (secondary N) is 1. The molecule has 1 rings (SSSR count). The highest BCUT2D eigenvalue weighted by Crippen LogP contribution is 2.29. The van der Waals surface area contributed by atoms with Crippen molar-refractivity contribution in [3.05, 3.63) is 28.3 Å². The third-order valence-corrected chi connectivity index (χ3v) is 3.50. The van der Waals surface area contributed by atoms with Gasteiger partial charge in [0.15, 0.2) is 5.75 Å². The molecule has 0 aliphatic carbocycles. The molecule has 0 unspecified atom stereocenters. The number of benzene rings is 1. The van der Waals surface area contributed by atoms with Gasteiger partial charge in [-0.15, -0.1) is 0 Å². The van der Waals surface area contributed by atoms with E-state index in [0.717, 1.165) is 12.6 Å². The second-order valence-electron chi connectivity index (χ2n) is 4.74. The van der Waals surface area contributed by atoms with Crippen LogP contribution >= 0.6 is 0 Å². The molecule has 118 valence electrons. The summed E-state index contributed by atoms with van der Waals surface area (Å²) in [5.74, 6) is 0.0250. The SMILES string of the molecule is CC(C)NCCCOc1ccc(S(N)(=O)=O)cc1[N+](=O)[O-]. The number of hydrogen-bond acceptors (Lipinski definition) is 6. The van der Waals surface area contributed by atoms with Crippen molar-refractivity contribution in [2.45, 2.75) is 31.2 Å². The van der Waals surface area contributed by atoms with Gasteiger partial charge in [0.05, 0.1) is 16.4 Å². The summed E-state index contributed by atoms with van der Waals surface area (Å²) in [5.41, 5.74) is -0.418. The molecule has 0 aromatic heterocycles. The number of hydrogen-bond donors (Lipinski definition) is 2. The lowest BCUT2D eigenvalue weighted by molar-refractivity contribution is -0.386. The van der Waals surface area contributed by atoms with Crippen LogP contribution in [0.3, 0.4) is 0 Å². The summed E-state index contributed by atoms with van der Waals surface area (Å²) in [4.78, 5) is 9.94. The molecule has 0 bridgehead atoms. The highest BCUT2D eigenvalue weighted by Gasteiger charge is 2.20. The molecule has 8 nitrogen and oxygen atoms in total. The molecule has 0 amide bonds. The maximum Gasteiger partial charge on any atom is 0.312 e. The number of rotatable bonds is 8. The van der Waals surface area contributed by atoms with Crippen LogP contribution in [0.4, 0.5) is 5.69 Å². The predicted octanol–water partition coefficient (Wildman–Crippen LogP) is 1.01. The second-order valence-corrected chi connectivity index (χ2v) is 6.30. The van der Waals surface area contributed by atoms with E-state index < -0.39 is 20.6 Å². The van der Waals surface area contributed by atoms with Crippen LogP contribution in [0.25, 0.3) is 0 Å². The van der Waals surface area contributed by atoms with Crippen LogP contribution in [0.15, 0.2) is 23.1 Å². The van der Waals surface area contributed by atoms with Crippen LogP contribution in [-0.4, -0.2) is 32.5 Å². The third kappa shape index (κ3) is 5.66. The second kappa shape index (κ2) is 7.34. The molecular formula is C12H19N3O5S. The Balaban J connectivity index is 2.76. The minimum atomic E-state index is -3.98. The van der Waals surface area contributed by atoms with Crippen LogP contribution < -0.4 is 15.2 Å². The van der Waals surface area contributed by atoms with Crippen molar-refractivity contribution in [3.63, 3.8) is 0 Å². The van der Waals surface area contributed by atoms with E-state index in [0.29, 0.717) is 12.5 Å². The molecule has 0 saturated carbocycles. The first-order valence-corrected chi connectivity index (χ1v) is 7.94. The zero-order chi connectivity index (χ0) is 16.0. The standard InChI is InChI=1S/C12H19N3O5S/c1-9(2)14-6-3-7-20-12-5-4-10(21(13,18)19)8-11(12)15(16)17/h4-5,8-9,14H,3,6-7H2,1-2H3,(H2,13,18,19). The highest BCUT2D eigenvalue weighted by molar-refractivity contribution is 7.89. The smallest absolute Gasteiger partial charge is 0.312 e. The van der Waals surface area contributed by atoms with E-state index in [4.69, 9.17) is 9.88 Å². The van der Waals surface area contributed by atoms with Crippen molar-refractivity contribution >= 4 is 15.7 Å². The Bertz CT molecular complexity index is 601. The Hall–Kier alpha value is -1.71. The average molecular weight is 317 g/mol.